The van der Waals surface area contributed by atoms with Crippen LogP contribution in [-0.2, 0) is 13.0 Å². The maximum Gasteiger partial charge on any atom is 0.169 e. The zero-order valence-electron chi connectivity index (χ0n) is 7.13. The van der Waals surface area contributed by atoms with E-state index in [0.717, 1.165) is 12.1 Å². The quantitative estimate of drug-likeness (QED) is 0.730. The Hall–Kier alpha value is -1.13. The normalized spacial score (nSPS) is 10.5. The average molecular weight is 172 g/mol. The van der Waals surface area contributed by atoms with Crippen LogP contribution in [0.2, 0.25) is 0 Å². The molecule has 0 radical (unpaired) electrons. The van der Waals surface area contributed by atoms with Crippen LogP contribution >= 0.6 is 0 Å². The third-order valence-corrected chi connectivity index (χ3v) is 1.71. The fraction of sp³-hybridized carbons (Fsp3) is 0.714. The van der Waals surface area contributed by atoms with Gasteiger partial charge in [-0.05, 0) is 12.8 Å². The van der Waals surface area contributed by atoms with Gasteiger partial charge < -0.3 is 5.73 Å². The number of nitrogen functional groups attached to an aromatic ring is 1. The van der Waals surface area contributed by atoms with Crippen LogP contribution in [0.15, 0.2) is 0 Å². The van der Waals surface area contributed by atoms with E-state index in [2.05, 4.69) is 10.3 Å². The lowest BCUT2D eigenvalue weighted by molar-refractivity contribution is 0.426. The van der Waals surface area contributed by atoms with Crippen LogP contribution in [0.3, 0.4) is 0 Å². The molecule has 1 heterocycles. The Labute approximate surface area is 70.6 Å². The molecular weight excluding hydrogens is 159 g/mol. The summed E-state index contributed by atoms with van der Waals surface area (Å²) < 4.78 is 13.5. The predicted octanol–water partition coefficient (Wildman–Crippen LogP) is 0.782. The number of anilines is 1. The van der Waals surface area contributed by atoms with E-state index in [1.54, 1.807) is 4.68 Å². The van der Waals surface area contributed by atoms with E-state index in [0.29, 0.717) is 18.8 Å². The first-order chi connectivity index (χ1) is 5.79. The Morgan fingerprint density at radius 2 is 2.33 bits per heavy atom. The second-order valence-electron chi connectivity index (χ2n) is 2.54. The van der Waals surface area contributed by atoms with E-state index in [-0.39, 0.29) is 6.67 Å². The molecule has 0 spiro atoms. The van der Waals surface area contributed by atoms with Crippen LogP contribution in [0.1, 0.15) is 19.0 Å². The molecule has 0 aliphatic heterocycles. The highest BCUT2D eigenvalue weighted by Gasteiger charge is 2.06. The highest BCUT2D eigenvalue weighted by molar-refractivity contribution is 5.32. The summed E-state index contributed by atoms with van der Waals surface area (Å²) in [5.74, 6) is 0.455. The van der Waals surface area contributed by atoms with Gasteiger partial charge in [0, 0.05) is 6.54 Å². The first-order valence-electron chi connectivity index (χ1n) is 4.03. The van der Waals surface area contributed by atoms with Crippen molar-refractivity contribution >= 4 is 5.82 Å². The molecule has 0 unspecified atom stereocenters. The molecule has 4 nitrogen and oxygen atoms in total. The molecule has 0 atom stereocenters. The van der Waals surface area contributed by atoms with E-state index < -0.39 is 0 Å². The number of alkyl halides is 1. The van der Waals surface area contributed by atoms with Crippen LogP contribution in [0.4, 0.5) is 10.2 Å². The van der Waals surface area contributed by atoms with Gasteiger partial charge in [-0.1, -0.05) is 12.1 Å². The van der Waals surface area contributed by atoms with E-state index in [9.17, 15) is 4.39 Å². The largest absolute Gasteiger partial charge is 0.381 e. The van der Waals surface area contributed by atoms with Crippen molar-refractivity contribution < 1.29 is 4.39 Å². The van der Waals surface area contributed by atoms with Crippen molar-refractivity contribution in [1.82, 2.24) is 15.0 Å². The van der Waals surface area contributed by atoms with Crippen molar-refractivity contribution in [1.29, 1.82) is 0 Å². The number of aromatic nitrogens is 3. The van der Waals surface area contributed by atoms with Gasteiger partial charge >= 0.3 is 0 Å². The maximum atomic E-state index is 11.8. The van der Waals surface area contributed by atoms with Crippen molar-refractivity contribution in [3.05, 3.63) is 5.69 Å². The molecule has 0 aliphatic carbocycles. The minimum absolute atomic E-state index is 0.330. The Bertz CT molecular complexity index is 246. The lowest BCUT2D eigenvalue weighted by Gasteiger charge is -2.01. The Morgan fingerprint density at radius 1 is 1.58 bits per heavy atom. The molecule has 0 fully saturated rings. The molecule has 1 rings (SSSR count). The summed E-state index contributed by atoms with van der Waals surface area (Å²) in [6, 6.07) is 0. The molecular formula is C7H13FN4. The van der Waals surface area contributed by atoms with Gasteiger partial charge in [0.1, 0.15) is 0 Å². The zero-order valence-corrected chi connectivity index (χ0v) is 7.13. The van der Waals surface area contributed by atoms with Crippen molar-refractivity contribution in [3.63, 3.8) is 0 Å². The Balaban J connectivity index is 2.70. The zero-order chi connectivity index (χ0) is 8.97. The average Bonchev–Trinajstić information content (AvgIpc) is 2.43. The summed E-state index contributed by atoms with van der Waals surface area (Å²) >= 11 is 0. The van der Waals surface area contributed by atoms with E-state index in [4.69, 9.17) is 5.73 Å². The first kappa shape index (κ1) is 8.96. The summed E-state index contributed by atoms with van der Waals surface area (Å²) in [6.07, 6.45) is 1.25. The van der Waals surface area contributed by atoms with E-state index >= 15 is 0 Å². The van der Waals surface area contributed by atoms with Crippen molar-refractivity contribution in [3.8, 4) is 0 Å². The number of hydrogen-bond acceptors (Lipinski definition) is 3. The lowest BCUT2D eigenvalue weighted by atomic mass is 10.3. The van der Waals surface area contributed by atoms with Gasteiger partial charge in [-0.3, -0.25) is 4.39 Å². The highest BCUT2D eigenvalue weighted by atomic mass is 19.1. The molecule has 1 aromatic heterocycles. The van der Waals surface area contributed by atoms with Crippen molar-refractivity contribution in [2.75, 3.05) is 12.4 Å². The van der Waals surface area contributed by atoms with Crippen LogP contribution in [-0.4, -0.2) is 21.7 Å². The van der Waals surface area contributed by atoms with Gasteiger partial charge in [0.2, 0.25) is 0 Å². The first-order valence-corrected chi connectivity index (χ1v) is 4.03. The smallest absolute Gasteiger partial charge is 0.169 e. The highest BCUT2D eigenvalue weighted by Crippen LogP contribution is 2.07. The summed E-state index contributed by atoms with van der Waals surface area (Å²) in [6.45, 7) is 2.20. The monoisotopic (exact) mass is 172 g/mol. The van der Waals surface area contributed by atoms with Crippen LogP contribution in [0, 0.1) is 0 Å². The van der Waals surface area contributed by atoms with Crippen LogP contribution in [0.5, 0.6) is 0 Å². The number of nitrogens with two attached hydrogens (primary N) is 1. The molecule has 0 saturated heterocycles. The minimum atomic E-state index is -0.330. The summed E-state index contributed by atoms with van der Waals surface area (Å²) in [7, 11) is 0. The number of halogens is 1. The second-order valence-corrected chi connectivity index (χ2v) is 2.54. The van der Waals surface area contributed by atoms with Gasteiger partial charge in [-0.25, -0.2) is 4.68 Å². The molecule has 0 bridgehead atoms. The van der Waals surface area contributed by atoms with Crippen molar-refractivity contribution in [2.45, 2.75) is 26.3 Å². The van der Waals surface area contributed by atoms with E-state index in [1.807, 2.05) is 6.92 Å². The molecule has 12 heavy (non-hydrogen) atoms. The molecule has 68 valence electrons. The standard InChI is InChI=1S/C7H13FN4/c1-2-6-7(9)10-11-12(6)5-3-4-8/h2-5,9H2,1H3. The predicted molar refractivity (Wildman–Crippen MR) is 44.4 cm³/mol. The fourth-order valence-electron chi connectivity index (χ4n) is 1.10. The van der Waals surface area contributed by atoms with Gasteiger partial charge in [-0.15, -0.1) is 5.10 Å². The van der Waals surface area contributed by atoms with Crippen LogP contribution < -0.4 is 5.73 Å². The molecule has 5 heteroatoms. The summed E-state index contributed by atoms with van der Waals surface area (Å²) in [4.78, 5) is 0. The number of nitrogens with zero attached hydrogens (tertiary/aromatic N) is 3. The number of rotatable bonds is 4. The number of aryl methyl sites for hydroxylation is 1. The molecule has 1 aromatic rings. The summed E-state index contributed by atoms with van der Waals surface area (Å²) in [5.41, 5.74) is 6.43. The van der Waals surface area contributed by atoms with Crippen molar-refractivity contribution in [2.24, 2.45) is 0 Å². The van der Waals surface area contributed by atoms with Crippen LogP contribution in [0.25, 0.3) is 0 Å². The second kappa shape index (κ2) is 4.04. The number of hydrogen-bond donors (Lipinski definition) is 1. The summed E-state index contributed by atoms with van der Waals surface area (Å²) in [5, 5.41) is 7.51. The van der Waals surface area contributed by atoms with Gasteiger partial charge in [0.25, 0.3) is 0 Å². The van der Waals surface area contributed by atoms with Gasteiger partial charge in [0.15, 0.2) is 5.82 Å². The fourth-order valence-corrected chi connectivity index (χ4v) is 1.10. The SMILES string of the molecule is CCc1c(N)nnn1CCCF. The minimum Gasteiger partial charge on any atom is -0.381 e. The van der Waals surface area contributed by atoms with E-state index in [1.165, 1.54) is 0 Å². The molecule has 0 amide bonds. The molecule has 0 aliphatic rings. The molecule has 0 saturated carbocycles. The maximum absolute atomic E-state index is 11.8. The Kier molecular flexibility index (Phi) is 3.01. The molecule has 2 N–H and O–H groups in total. The van der Waals surface area contributed by atoms with Gasteiger partial charge in [0.05, 0.1) is 12.4 Å². The molecule has 0 aromatic carbocycles. The Morgan fingerprint density at radius 3 is 2.92 bits per heavy atom. The lowest BCUT2D eigenvalue weighted by Crippen LogP contribution is -2.06. The third kappa shape index (κ3) is 1.72. The topological polar surface area (TPSA) is 56.7 Å². The van der Waals surface area contributed by atoms with Gasteiger partial charge in [-0.2, -0.15) is 0 Å². The third-order valence-electron chi connectivity index (χ3n) is 1.71.